The fraction of sp³-hybridized carbons (Fsp3) is 0.632. The van der Waals surface area contributed by atoms with Crippen molar-refractivity contribution in [2.75, 3.05) is 6.67 Å². The number of carbonyl (C=O) groups is 2. The van der Waals surface area contributed by atoms with E-state index in [1.807, 2.05) is 6.92 Å². The highest BCUT2D eigenvalue weighted by Gasteiger charge is 2.44. The van der Waals surface area contributed by atoms with Crippen molar-refractivity contribution in [3.8, 4) is 5.75 Å². The maximum absolute atomic E-state index is 12.9. The predicted octanol–water partition coefficient (Wildman–Crippen LogP) is 2.47. The third-order valence-corrected chi connectivity index (χ3v) is 5.11. The minimum Gasteiger partial charge on any atom is -0.488 e. The molecule has 0 aliphatic heterocycles. The minimum absolute atomic E-state index is 0.0891. The van der Waals surface area contributed by atoms with Gasteiger partial charge < -0.3 is 15.8 Å². The highest BCUT2D eigenvalue weighted by molar-refractivity contribution is 5.93. The second kappa shape index (κ2) is 7.21. The lowest BCUT2D eigenvalue weighted by atomic mass is 9.91. The Morgan fingerprint density at radius 2 is 2.12 bits per heavy atom. The van der Waals surface area contributed by atoms with Crippen molar-refractivity contribution in [3.05, 3.63) is 23.5 Å². The Hall–Kier alpha value is -2.18. The monoisotopic (exact) mass is 363 g/mol. The van der Waals surface area contributed by atoms with Crippen LogP contribution in [0.3, 0.4) is 0 Å². The van der Waals surface area contributed by atoms with Crippen LogP contribution in [0, 0.1) is 5.92 Å². The van der Waals surface area contributed by atoms with Gasteiger partial charge in [0.05, 0.1) is 0 Å². The molecule has 2 aliphatic rings. The molecule has 0 saturated heterocycles. The molecular weight excluding hydrogens is 337 g/mol. The van der Waals surface area contributed by atoms with E-state index in [1.54, 1.807) is 19.2 Å². The number of rotatable bonds is 9. The van der Waals surface area contributed by atoms with Crippen molar-refractivity contribution in [3.63, 3.8) is 0 Å². The zero-order chi connectivity index (χ0) is 18.9. The van der Waals surface area contributed by atoms with E-state index >= 15 is 0 Å². The Labute approximate surface area is 152 Å². The molecule has 2 saturated carbocycles. The molecule has 1 aromatic heterocycles. The van der Waals surface area contributed by atoms with Crippen LogP contribution in [0.15, 0.2) is 12.3 Å². The van der Waals surface area contributed by atoms with Crippen molar-refractivity contribution in [2.24, 2.45) is 11.7 Å². The van der Waals surface area contributed by atoms with Crippen molar-refractivity contribution < 1.29 is 18.7 Å². The topological polar surface area (TPSA) is 94.3 Å². The molecule has 0 radical (unpaired) electrons. The number of primary amides is 1. The van der Waals surface area contributed by atoms with E-state index in [-0.39, 0.29) is 23.9 Å². The van der Waals surface area contributed by atoms with Crippen molar-refractivity contribution in [2.45, 2.75) is 63.5 Å². The summed E-state index contributed by atoms with van der Waals surface area (Å²) >= 11 is 0. The molecule has 1 heterocycles. The number of halogens is 1. The predicted molar refractivity (Wildman–Crippen MR) is 94.7 cm³/mol. The summed E-state index contributed by atoms with van der Waals surface area (Å²) in [4.78, 5) is 28.4. The maximum atomic E-state index is 12.9. The molecule has 2 atom stereocenters. The van der Waals surface area contributed by atoms with Crippen LogP contribution in [0.25, 0.3) is 0 Å². The summed E-state index contributed by atoms with van der Waals surface area (Å²) < 4.78 is 18.5. The SMILES string of the molecule is C[C@@H](CF)Oc1cc(C(=O)N[C@](C)(CC(N)=O)C2CC2)ncc1C1CC1. The molecule has 0 bridgehead atoms. The van der Waals surface area contributed by atoms with Gasteiger partial charge in [-0.3, -0.25) is 14.6 Å². The summed E-state index contributed by atoms with van der Waals surface area (Å²) in [6.45, 7) is 2.88. The average Bonchev–Trinajstić information content (AvgIpc) is 3.46. The first-order chi connectivity index (χ1) is 12.3. The first-order valence-electron chi connectivity index (χ1n) is 9.15. The molecule has 2 amide bonds. The summed E-state index contributed by atoms with van der Waals surface area (Å²) in [5, 5.41) is 2.93. The van der Waals surface area contributed by atoms with E-state index in [9.17, 15) is 14.0 Å². The number of nitrogens with one attached hydrogen (secondary N) is 1. The standard InChI is InChI=1S/C19H26FN3O3/c1-11(9-20)26-16-7-15(22-10-14(16)12-3-4-12)18(25)23-19(2,8-17(21)24)13-5-6-13/h7,10-13H,3-6,8-9H2,1-2H3,(H2,21,24)(H,23,25)/t11-,19+/m0/s1. The molecular formula is C19H26FN3O3. The van der Waals surface area contributed by atoms with Crippen LogP contribution < -0.4 is 15.8 Å². The van der Waals surface area contributed by atoms with Gasteiger partial charge in [0, 0.05) is 29.8 Å². The van der Waals surface area contributed by atoms with Crippen molar-refractivity contribution >= 4 is 11.8 Å². The number of nitrogens with zero attached hydrogens (tertiary/aromatic N) is 1. The summed E-state index contributed by atoms with van der Waals surface area (Å²) in [7, 11) is 0. The van der Waals surface area contributed by atoms with E-state index in [0.29, 0.717) is 11.7 Å². The number of pyridine rings is 1. The Bertz CT molecular complexity index is 703. The number of nitrogens with two attached hydrogens (primary N) is 1. The quantitative estimate of drug-likeness (QED) is 0.705. The fourth-order valence-corrected chi connectivity index (χ4v) is 3.32. The molecule has 2 fully saturated rings. The number of hydrogen-bond acceptors (Lipinski definition) is 4. The number of amides is 2. The highest BCUT2D eigenvalue weighted by Crippen LogP contribution is 2.44. The number of ether oxygens (including phenoxy) is 1. The zero-order valence-electron chi connectivity index (χ0n) is 15.3. The summed E-state index contributed by atoms with van der Waals surface area (Å²) in [6, 6.07) is 1.58. The Balaban J connectivity index is 1.80. The van der Waals surface area contributed by atoms with Crippen LogP contribution in [-0.2, 0) is 4.79 Å². The van der Waals surface area contributed by atoms with Crippen molar-refractivity contribution in [1.82, 2.24) is 10.3 Å². The van der Waals surface area contributed by atoms with Gasteiger partial charge in [-0.05, 0) is 51.4 Å². The first kappa shape index (κ1) is 18.6. The Kier molecular flexibility index (Phi) is 5.16. The normalized spacial score (nSPS) is 20.1. The Morgan fingerprint density at radius 3 is 2.65 bits per heavy atom. The minimum atomic E-state index is -0.674. The first-order valence-corrected chi connectivity index (χ1v) is 9.15. The van der Waals surface area contributed by atoms with Crippen LogP contribution in [0.1, 0.15) is 67.9 Å². The lowest BCUT2D eigenvalue weighted by molar-refractivity contribution is -0.119. The van der Waals surface area contributed by atoms with Gasteiger partial charge >= 0.3 is 0 Å². The van der Waals surface area contributed by atoms with Gasteiger partial charge in [-0.25, -0.2) is 4.39 Å². The largest absolute Gasteiger partial charge is 0.488 e. The zero-order valence-corrected chi connectivity index (χ0v) is 15.3. The molecule has 3 rings (SSSR count). The fourth-order valence-electron chi connectivity index (χ4n) is 3.32. The van der Waals surface area contributed by atoms with E-state index in [0.717, 1.165) is 31.2 Å². The molecule has 1 aromatic rings. The van der Waals surface area contributed by atoms with E-state index in [2.05, 4.69) is 10.3 Å². The van der Waals surface area contributed by atoms with Gasteiger partial charge in [0.2, 0.25) is 5.91 Å². The number of alkyl halides is 1. The van der Waals surface area contributed by atoms with Gasteiger partial charge in [0.25, 0.3) is 5.91 Å². The molecule has 6 nitrogen and oxygen atoms in total. The summed E-state index contributed by atoms with van der Waals surface area (Å²) in [6.07, 6.45) is 5.16. The van der Waals surface area contributed by atoms with Crippen molar-refractivity contribution in [1.29, 1.82) is 0 Å². The molecule has 26 heavy (non-hydrogen) atoms. The summed E-state index contributed by atoms with van der Waals surface area (Å²) in [5.41, 5.74) is 5.80. The molecule has 0 spiro atoms. The van der Waals surface area contributed by atoms with Gasteiger partial charge in [0.15, 0.2) is 0 Å². The lowest BCUT2D eigenvalue weighted by Gasteiger charge is -2.29. The number of hydrogen-bond donors (Lipinski definition) is 2. The lowest BCUT2D eigenvalue weighted by Crippen LogP contribution is -2.50. The molecule has 0 unspecified atom stereocenters. The number of carbonyl (C=O) groups excluding carboxylic acids is 2. The third-order valence-electron chi connectivity index (χ3n) is 5.11. The smallest absolute Gasteiger partial charge is 0.270 e. The highest BCUT2D eigenvalue weighted by atomic mass is 19.1. The van der Waals surface area contributed by atoms with Crippen LogP contribution >= 0.6 is 0 Å². The maximum Gasteiger partial charge on any atom is 0.270 e. The second-order valence-corrected chi connectivity index (χ2v) is 7.75. The molecule has 0 aromatic carbocycles. The average molecular weight is 363 g/mol. The van der Waals surface area contributed by atoms with Gasteiger partial charge in [0.1, 0.15) is 24.2 Å². The van der Waals surface area contributed by atoms with Crippen LogP contribution in [0.2, 0.25) is 0 Å². The van der Waals surface area contributed by atoms with E-state index in [1.165, 1.54) is 0 Å². The molecule has 142 valence electrons. The van der Waals surface area contributed by atoms with Crippen LogP contribution in [-0.4, -0.2) is 35.1 Å². The molecule has 7 heteroatoms. The van der Waals surface area contributed by atoms with Gasteiger partial charge in [-0.2, -0.15) is 0 Å². The second-order valence-electron chi connectivity index (χ2n) is 7.75. The van der Waals surface area contributed by atoms with E-state index in [4.69, 9.17) is 10.5 Å². The third kappa shape index (κ3) is 4.31. The number of aromatic nitrogens is 1. The van der Waals surface area contributed by atoms with Crippen LogP contribution in [0.4, 0.5) is 4.39 Å². The molecule has 2 aliphatic carbocycles. The van der Waals surface area contributed by atoms with Gasteiger partial charge in [-0.15, -0.1) is 0 Å². The van der Waals surface area contributed by atoms with Crippen LogP contribution in [0.5, 0.6) is 5.75 Å². The van der Waals surface area contributed by atoms with Gasteiger partial charge in [-0.1, -0.05) is 0 Å². The van der Waals surface area contributed by atoms with E-state index < -0.39 is 24.2 Å². The summed E-state index contributed by atoms with van der Waals surface area (Å²) in [5.74, 6) is 0.305. The molecule has 3 N–H and O–H groups in total. The Morgan fingerprint density at radius 1 is 1.42 bits per heavy atom.